The lowest BCUT2D eigenvalue weighted by Crippen LogP contribution is -2.32. The van der Waals surface area contributed by atoms with Crippen LogP contribution < -0.4 is 15.6 Å². The lowest BCUT2D eigenvalue weighted by atomic mass is 10.1. The fourth-order valence-corrected chi connectivity index (χ4v) is 5.27. The van der Waals surface area contributed by atoms with Crippen LogP contribution in [0.5, 0.6) is 5.75 Å². The van der Waals surface area contributed by atoms with Crippen LogP contribution in [-0.2, 0) is 4.79 Å². The number of aromatic hydroxyl groups is 1. The molecular formula is C27H26I2N4O3. The predicted octanol–water partition coefficient (Wildman–Crippen LogP) is 5.37. The number of amides is 2. The summed E-state index contributed by atoms with van der Waals surface area (Å²) in [5.41, 5.74) is 5.21. The van der Waals surface area contributed by atoms with E-state index in [9.17, 15) is 14.7 Å². The summed E-state index contributed by atoms with van der Waals surface area (Å²) in [5, 5.41) is 16.9. The van der Waals surface area contributed by atoms with Gasteiger partial charge in [0.25, 0.3) is 11.8 Å². The molecule has 0 unspecified atom stereocenters. The first-order chi connectivity index (χ1) is 17.3. The Hall–Kier alpha value is -2.93. The average molecular weight is 708 g/mol. The summed E-state index contributed by atoms with van der Waals surface area (Å²) in [6.07, 6.45) is 2.97. The normalized spacial score (nSPS) is 11.4. The number of carbonyl (C=O) groups excluding carboxylic acids is 2. The van der Waals surface area contributed by atoms with Gasteiger partial charge in [-0.2, -0.15) is 5.10 Å². The smallest absolute Gasteiger partial charge is 0.287 e. The van der Waals surface area contributed by atoms with Crippen molar-refractivity contribution in [1.82, 2.24) is 10.7 Å². The minimum absolute atomic E-state index is 0.0398. The van der Waals surface area contributed by atoms with Crippen LogP contribution in [-0.4, -0.2) is 36.2 Å². The molecule has 3 N–H and O–H groups in total. The van der Waals surface area contributed by atoms with Gasteiger partial charge in [0.1, 0.15) is 11.4 Å². The van der Waals surface area contributed by atoms with Gasteiger partial charge in [-0.3, -0.25) is 9.59 Å². The Kier molecular flexibility index (Phi) is 10.3. The lowest BCUT2D eigenvalue weighted by Gasteiger charge is -2.21. The molecule has 36 heavy (non-hydrogen) atoms. The molecule has 2 amide bonds. The van der Waals surface area contributed by atoms with Crippen LogP contribution in [0.15, 0.2) is 77.5 Å². The maximum absolute atomic E-state index is 13.0. The molecule has 0 atom stereocenters. The van der Waals surface area contributed by atoms with E-state index in [1.807, 2.05) is 59.0 Å². The van der Waals surface area contributed by atoms with Gasteiger partial charge in [0.2, 0.25) is 0 Å². The van der Waals surface area contributed by atoms with Gasteiger partial charge in [-0.05, 0) is 107 Å². The summed E-state index contributed by atoms with van der Waals surface area (Å²) in [6.45, 7) is 5.96. The van der Waals surface area contributed by atoms with Crippen LogP contribution in [0.4, 0.5) is 5.69 Å². The van der Waals surface area contributed by atoms with Crippen LogP contribution in [0.25, 0.3) is 6.08 Å². The third kappa shape index (κ3) is 7.53. The number of phenolic OH excluding ortho intramolecular Hbond substituents is 1. The fourth-order valence-electron chi connectivity index (χ4n) is 3.38. The minimum Gasteiger partial charge on any atom is -0.506 e. The molecule has 0 aliphatic carbocycles. The van der Waals surface area contributed by atoms with E-state index in [2.05, 4.69) is 57.2 Å². The van der Waals surface area contributed by atoms with E-state index in [1.54, 1.807) is 36.4 Å². The highest BCUT2D eigenvalue weighted by Gasteiger charge is 2.15. The second-order valence-electron chi connectivity index (χ2n) is 7.67. The third-order valence-corrected chi connectivity index (χ3v) is 6.73. The zero-order valence-electron chi connectivity index (χ0n) is 19.8. The van der Waals surface area contributed by atoms with Gasteiger partial charge in [-0.15, -0.1) is 0 Å². The van der Waals surface area contributed by atoms with E-state index in [1.165, 1.54) is 6.21 Å². The summed E-state index contributed by atoms with van der Waals surface area (Å²) in [5.74, 6) is -0.927. The molecule has 0 fully saturated rings. The van der Waals surface area contributed by atoms with Crippen LogP contribution in [0.1, 0.15) is 35.3 Å². The molecule has 0 aliphatic heterocycles. The minimum atomic E-state index is -0.594. The average Bonchev–Trinajstić information content (AvgIpc) is 2.88. The Morgan fingerprint density at radius 1 is 1.00 bits per heavy atom. The maximum Gasteiger partial charge on any atom is 0.287 e. The van der Waals surface area contributed by atoms with Crippen LogP contribution >= 0.6 is 45.2 Å². The molecule has 9 heteroatoms. The Balaban J connectivity index is 1.85. The van der Waals surface area contributed by atoms with Gasteiger partial charge in [-0.1, -0.05) is 30.3 Å². The number of nitrogens with zero attached hydrogens (tertiary/aromatic N) is 2. The first kappa shape index (κ1) is 27.7. The van der Waals surface area contributed by atoms with E-state index in [0.717, 1.165) is 27.9 Å². The quantitative estimate of drug-likeness (QED) is 0.121. The highest BCUT2D eigenvalue weighted by atomic mass is 127. The van der Waals surface area contributed by atoms with Crippen molar-refractivity contribution in [3.05, 3.63) is 96.3 Å². The Morgan fingerprint density at radius 3 is 2.31 bits per heavy atom. The molecule has 0 aromatic heterocycles. The van der Waals surface area contributed by atoms with Crippen LogP contribution in [0, 0.1) is 7.14 Å². The Bertz CT molecular complexity index is 1270. The third-order valence-electron chi connectivity index (χ3n) is 5.29. The molecule has 0 radical (unpaired) electrons. The standard InChI is InChI=1S/C27H26I2N4O3/c1-3-33(4-2)22-12-10-18(11-13-22)14-24(31-26(35)19-8-6-5-7-9-19)27(36)32-30-17-20-15-21(28)16-23(29)25(20)34/h5-17,34H,3-4H2,1-2H3,(H,31,35)(H,32,36)/b24-14+,30-17-. The number of carbonyl (C=O) groups is 2. The topological polar surface area (TPSA) is 94.0 Å². The van der Waals surface area contributed by atoms with E-state index >= 15 is 0 Å². The van der Waals surface area contributed by atoms with E-state index in [0.29, 0.717) is 14.7 Å². The number of phenols is 1. The second kappa shape index (κ2) is 13.4. The molecule has 3 rings (SSSR count). The highest BCUT2D eigenvalue weighted by molar-refractivity contribution is 14.1. The molecular weight excluding hydrogens is 682 g/mol. The molecule has 186 valence electrons. The van der Waals surface area contributed by atoms with Crippen molar-refractivity contribution < 1.29 is 14.7 Å². The number of benzene rings is 3. The zero-order valence-corrected chi connectivity index (χ0v) is 24.1. The second-order valence-corrected chi connectivity index (χ2v) is 10.1. The Morgan fingerprint density at radius 2 is 1.67 bits per heavy atom. The summed E-state index contributed by atoms with van der Waals surface area (Å²) < 4.78 is 1.60. The molecule has 7 nitrogen and oxygen atoms in total. The van der Waals surface area contributed by atoms with Gasteiger partial charge in [0.15, 0.2) is 0 Å². The highest BCUT2D eigenvalue weighted by Crippen LogP contribution is 2.25. The van der Waals surface area contributed by atoms with Crippen molar-refractivity contribution in [2.75, 3.05) is 18.0 Å². The monoisotopic (exact) mass is 708 g/mol. The van der Waals surface area contributed by atoms with Crippen molar-refractivity contribution >= 4 is 75.0 Å². The summed E-state index contributed by atoms with van der Waals surface area (Å²) in [4.78, 5) is 28.0. The molecule has 0 heterocycles. The van der Waals surface area contributed by atoms with Gasteiger partial charge < -0.3 is 15.3 Å². The number of nitrogens with one attached hydrogen (secondary N) is 2. The maximum atomic E-state index is 13.0. The van der Waals surface area contributed by atoms with Crippen molar-refractivity contribution in [3.63, 3.8) is 0 Å². The van der Waals surface area contributed by atoms with Gasteiger partial charge >= 0.3 is 0 Å². The molecule has 3 aromatic rings. The number of halogens is 2. The van der Waals surface area contributed by atoms with Crippen molar-refractivity contribution in [3.8, 4) is 5.75 Å². The van der Waals surface area contributed by atoms with Gasteiger partial charge in [0.05, 0.1) is 9.78 Å². The molecule has 0 saturated carbocycles. The molecule has 0 bridgehead atoms. The van der Waals surface area contributed by atoms with E-state index < -0.39 is 11.8 Å². The van der Waals surface area contributed by atoms with Gasteiger partial charge in [-0.25, -0.2) is 5.43 Å². The first-order valence-corrected chi connectivity index (χ1v) is 13.4. The van der Waals surface area contributed by atoms with E-state index in [-0.39, 0.29) is 11.4 Å². The SMILES string of the molecule is CCN(CC)c1ccc(/C=C(/NC(=O)c2ccccc2)C(=O)N/N=C\c2cc(I)cc(I)c2O)cc1. The molecule has 0 saturated heterocycles. The summed E-state index contributed by atoms with van der Waals surface area (Å²) >= 11 is 4.17. The van der Waals surface area contributed by atoms with Crippen LogP contribution in [0.2, 0.25) is 0 Å². The number of hydrogen-bond acceptors (Lipinski definition) is 5. The number of anilines is 1. The van der Waals surface area contributed by atoms with E-state index in [4.69, 9.17) is 0 Å². The predicted molar refractivity (Wildman–Crippen MR) is 161 cm³/mol. The summed E-state index contributed by atoms with van der Waals surface area (Å²) in [6, 6.07) is 20.0. The lowest BCUT2D eigenvalue weighted by molar-refractivity contribution is -0.117. The van der Waals surface area contributed by atoms with Crippen LogP contribution in [0.3, 0.4) is 0 Å². The molecule has 0 spiro atoms. The Labute approximate surface area is 238 Å². The van der Waals surface area contributed by atoms with Crippen molar-refractivity contribution in [1.29, 1.82) is 0 Å². The number of hydrazone groups is 1. The fraction of sp³-hybridized carbons (Fsp3) is 0.148. The number of rotatable bonds is 9. The first-order valence-electron chi connectivity index (χ1n) is 11.3. The van der Waals surface area contributed by atoms with Crippen molar-refractivity contribution in [2.24, 2.45) is 5.10 Å². The molecule has 3 aromatic carbocycles. The van der Waals surface area contributed by atoms with Gasteiger partial charge in [0, 0.05) is 33.5 Å². The molecule has 0 aliphatic rings. The largest absolute Gasteiger partial charge is 0.506 e. The van der Waals surface area contributed by atoms with Crippen molar-refractivity contribution in [2.45, 2.75) is 13.8 Å². The summed E-state index contributed by atoms with van der Waals surface area (Å²) in [7, 11) is 0. The number of hydrogen-bond donors (Lipinski definition) is 3. The zero-order chi connectivity index (χ0) is 26.1.